The second-order valence-electron chi connectivity index (χ2n) is 6.91. The molecule has 0 fully saturated rings. The number of ether oxygens (including phenoxy) is 2. The van der Waals surface area contributed by atoms with Gasteiger partial charge in [-0.05, 0) is 36.4 Å². The number of halogens is 1. The molecule has 1 aliphatic heterocycles. The lowest BCUT2D eigenvalue weighted by Crippen LogP contribution is -2.17. The Hall–Kier alpha value is -4.14. The highest BCUT2D eigenvalue weighted by Gasteiger charge is 2.16. The Balaban J connectivity index is 1.29. The molecule has 0 saturated heterocycles. The summed E-state index contributed by atoms with van der Waals surface area (Å²) in [5, 5.41) is 6.13. The first-order chi connectivity index (χ1) is 15.2. The quantitative estimate of drug-likeness (QED) is 0.495. The highest BCUT2D eigenvalue weighted by molar-refractivity contribution is 5.91. The molecule has 156 valence electrons. The number of carbonyl (C=O) groups is 1. The first-order valence-corrected chi connectivity index (χ1v) is 9.69. The number of benzene rings is 2. The average Bonchev–Trinajstić information content (AvgIpc) is 3.39. The van der Waals surface area contributed by atoms with Gasteiger partial charge in [0.2, 0.25) is 12.7 Å². The van der Waals surface area contributed by atoms with Gasteiger partial charge in [0.1, 0.15) is 17.3 Å². The lowest BCUT2D eigenvalue weighted by Gasteiger charge is -2.10. The Kier molecular flexibility index (Phi) is 4.83. The van der Waals surface area contributed by atoms with E-state index in [2.05, 4.69) is 20.6 Å². The summed E-state index contributed by atoms with van der Waals surface area (Å²) >= 11 is 0. The first kappa shape index (κ1) is 18.9. The second kappa shape index (κ2) is 7.94. The van der Waals surface area contributed by atoms with Gasteiger partial charge in [-0.15, -0.1) is 0 Å². The second-order valence-corrected chi connectivity index (χ2v) is 6.91. The van der Waals surface area contributed by atoms with E-state index in [1.54, 1.807) is 48.9 Å². The number of nitrogens with one attached hydrogen (secondary N) is 2. The van der Waals surface area contributed by atoms with Gasteiger partial charge in [0.15, 0.2) is 17.1 Å². The minimum absolute atomic E-state index is 0.148. The number of hydrogen-bond donors (Lipinski definition) is 2. The van der Waals surface area contributed by atoms with Crippen molar-refractivity contribution in [2.45, 2.75) is 6.42 Å². The van der Waals surface area contributed by atoms with E-state index in [9.17, 15) is 9.18 Å². The monoisotopic (exact) mass is 419 g/mol. The van der Waals surface area contributed by atoms with Crippen molar-refractivity contribution in [2.24, 2.45) is 0 Å². The fourth-order valence-electron chi connectivity index (χ4n) is 3.38. The van der Waals surface area contributed by atoms with Crippen LogP contribution in [-0.2, 0) is 4.79 Å². The minimum atomic E-state index is -0.316. The van der Waals surface area contributed by atoms with Crippen molar-refractivity contribution in [3.8, 4) is 22.8 Å². The number of amides is 1. The molecule has 2 aromatic carbocycles. The number of carbonyl (C=O) groups excluding carboxylic acids is 1. The number of hydrogen-bond acceptors (Lipinski definition) is 6. The Morgan fingerprint density at radius 1 is 1.13 bits per heavy atom. The fourth-order valence-corrected chi connectivity index (χ4v) is 3.38. The van der Waals surface area contributed by atoms with Gasteiger partial charge in [-0.1, -0.05) is 0 Å². The van der Waals surface area contributed by atoms with Crippen LogP contribution in [-0.4, -0.2) is 33.6 Å². The molecule has 0 bridgehead atoms. The van der Waals surface area contributed by atoms with Crippen molar-refractivity contribution in [2.75, 3.05) is 24.0 Å². The molecule has 9 heteroatoms. The van der Waals surface area contributed by atoms with E-state index < -0.39 is 0 Å². The average molecular weight is 419 g/mol. The summed E-state index contributed by atoms with van der Waals surface area (Å²) in [6, 6.07) is 11.4. The molecule has 5 rings (SSSR count). The third-order valence-electron chi connectivity index (χ3n) is 4.85. The van der Waals surface area contributed by atoms with Crippen LogP contribution >= 0.6 is 0 Å². The molecule has 3 heterocycles. The largest absolute Gasteiger partial charge is 0.454 e. The maximum Gasteiger partial charge on any atom is 0.231 e. The van der Waals surface area contributed by atoms with E-state index in [1.165, 1.54) is 12.1 Å². The van der Waals surface area contributed by atoms with Gasteiger partial charge in [0, 0.05) is 42.7 Å². The number of anilines is 2. The van der Waals surface area contributed by atoms with Crippen LogP contribution in [0, 0.1) is 5.82 Å². The van der Waals surface area contributed by atoms with E-state index in [1.807, 2.05) is 4.40 Å². The fraction of sp³-hybridized carbons (Fsp3) is 0.136. The summed E-state index contributed by atoms with van der Waals surface area (Å²) in [7, 11) is 0. The highest BCUT2D eigenvalue weighted by Crippen LogP contribution is 2.34. The summed E-state index contributed by atoms with van der Waals surface area (Å²) in [4.78, 5) is 21.1. The number of rotatable bonds is 6. The van der Waals surface area contributed by atoms with E-state index >= 15 is 0 Å². The first-order valence-electron chi connectivity index (χ1n) is 9.69. The molecular formula is C22H18FN5O3. The molecule has 0 unspecified atom stereocenters. The standard InChI is InChI=1S/C22H18FN5O3/c23-15-3-1-14(2-4-15)21-22(28-10-9-24-12-19(28)27-21)25-8-7-20(29)26-16-5-6-17-18(11-16)31-13-30-17/h1-6,9-12,25H,7-8,13H2,(H,26,29). The van der Waals surface area contributed by atoms with Crippen LogP contribution in [0.1, 0.15) is 6.42 Å². The normalized spacial score (nSPS) is 12.2. The molecule has 0 radical (unpaired) electrons. The Labute approximate surface area is 176 Å². The molecular weight excluding hydrogens is 401 g/mol. The zero-order valence-electron chi connectivity index (χ0n) is 16.3. The summed E-state index contributed by atoms with van der Waals surface area (Å²) in [6.07, 6.45) is 5.31. The topological polar surface area (TPSA) is 89.8 Å². The molecule has 2 N–H and O–H groups in total. The van der Waals surface area contributed by atoms with Gasteiger partial charge in [-0.25, -0.2) is 9.37 Å². The van der Waals surface area contributed by atoms with Crippen LogP contribution in [0.25, 0.3) is 16.9 Å². The van der Waals surface area contributed by atoms with Gasteiger partial charge in [-0.3, -0.25) is 14.2 Å². The van der Waals surface area contributed by atoms with Gasteiger partial charge in [-0.2, -0.15) is 0 Å². The number of imidazole rings is 1. The lowest BCUT2D eigenvalue weighted by molar-refractivity contribution is -0.115. The molecule has 4 aromatic rings. The third-order valence-corrected chi connectivity index (χ3v) is 4.85. The number of fused-ring (bicyclic) bond motifs is 2. The van der Waals surface area contributed by atoms with Crippen molar-refractivity contribution >= 4 is 23.1 Å². The van der Waals surface area contributed by atoms with Crippen LogP contribution in [0.4, 0.5) is 15.9 Å². The van der Waals surface area contributed by atoms with Crippen molar-refractivity contribution in [3.05, 3.63) is 66.9 Å². The Morgan fingerprint density at radius 3 is 2.84 bits per heavy atom. The minimum Gasteiger partial charge on any atom is -0.454 e. The number of nitrogens with zero attached hydrogens (tertiary/aromatic N) is 3. The molecule has 0 saturated carbocycles. The van der Waals surface area contributed by atoms with E-state index in [-0.39, 0.29) is 24.9 Å². The van der Waals surface area contributed by atoms with E-state index in [0.717, 1.165) is 5.56 Å². The molecule has 8 nitrogen and oxygen atoms in total. The SMILES string of the molecule is O=C(CCNc1c(-c2ccc(F)cc2)nc2cnccn12)Nc1ccc2c(c1)OCO2. The van der Waals surface area contributed by atoms with Crippen molar-refractivity contribution in [1.82, 2.24) is 14.4 Å². The zero-order chi connectivity index (χ0) is 21.2. The number of aromatic nitrogens is 3. The summed E-state index contributed by atoms with van der Waals surface area (Å²) in [5.41, 5.74) is 2.71. The van der Waals surface area contributed by atoms with E-state index in [4.69, 9.17) is 9.47 Å². The summed E-state index contributed by atoms with van der Waals surface area (Å²) < 4.78 is 25.8. The molecule has 0 spiro atoms. The van der Waals surface area contributed by atoms with Crippen molar-refractivity contribution < 1.29 is 18.7 Å². The molecule has 31 heavy (non-hydrogen) atoms. The molecule has 1 aliphatic rings. The van der Waals surface area contributed by atoms with Gasteiger partial charge < -0.3 is 20.1 Å². The van der Waals surface area contributed by atoms with Crippen LogP contribution in [0.15, 0.2) is 61.1 Å². The van der Waals surface area contributed by atoms with E-state index in [0.29, 0.717) is 40.9 Å². The molecule has 2 aromatic heterocycles. The van der Waals surface area contributed by atoms with Gasteiger partial charge in [0.05, 0.1) is 6.20 Å². The lowest BCUT2D eigenvalue weighted by atomic mass is 10.1. The summed E-state index contributed by atoms with van der Waals surface area (Å²) in [5.74, 6) is 1.52. The maximum atomic E-state index is 13.3. The highest BCUT2D eigenvalue weighted by atomic mass is 19.1. The molecule has 0 aliphatic carbocycles. The third kappa shape index (κ3) is 3.85. The van der Waals surface area contributed by atoms with Gasteiger partial charge >= 0.3 is 0 Å². The van der Waals surface area contributed by atoms with Crippen molar-refractivity contribution in [1.29, 1.82) is 0 Å². The molecule has 0 atom stereocenters. The smallest absolute Gasteiger partial charge is 0.231 e. The zero-order valence-corrected chi connectivity index (χ0v) is 16.3. The Morgan fingerprint density at radius 2 is 1.97 bits per heavy atom. The van der Waals surface area contributed by atoms with Gasteiger partial charge in [0.25, 0.3) is 0 Å². The predicted molar refractivity (Wildman–Crippen MR) is 113 cm³/mol. The Bertz CT molecular complexity index is 1260. The summed E-state index contributed by atoms with van der Waals surface area (Å²) in [6.45, 7) is 0.558. The van der Waals surface area contributed by atoms with Crippen LogP contribution in [0.5, 0.6) is 11.5 Å². The van der Waals surface area contributed by atoms with Crippen LogP contribution in [0.3, 0.4) is 0 Å². The maximum absolute atomic E-state index is 13.3. The van der Waals surface area contributed by atoms with Crippen LogP contribution in [0.2, 0.25) is 0 Å². The predicted octanol–water partition coefficient (Wildman–Crippen LogP) is 3.70. The molecule has 1 amide bonds. The van der Waals surface area contributed by atoms with Crippen LogP contribution < -0.4 is 20.1 Å². The van der Waals surface area contributed by atoms with Crippen molar-refractivity contribution in [3.63, 3.8) is 0 Å².